The minimum absolute atomic E-state index is 0.124. The van der Waals surface area contributed by atoms with Crippen molar-refractivity contribution in [2.75, 3.05) is 19.8 Å². The van der Waals surface area contributed by atoms with E-state index in [0.29, 0.717) is 13.2 Å². The van der Waals surface area contributed by atoms with Crippen LogP contribution in [0.25, 0.3) is 0 Å². The minimum Gasteiger partial charge on any atom is -0.464 e. The van der Waals surface area contributed by atoms with Crippen LogP contribution < -0.4 is 0 Å². The van der Waals surface area contributed by atoms with Crippen LogP contribution in [0.2, 0.25) is 0 Å². The van der Waals surface area contributed by atoms with Gasteiger partial charge in [-0.2, -0.15) is 0 Å². The maximum Gasteiger partial charge on any atom is 0.340 e. The summed E-state index contributed by atoms with van der Waals surface area (Å²) in [7, 11) is 0. The Morgan fingerprint density at radius 2 is 1.67 bits per heavy atom. The van der Waals surface area contributed by atoms with Crippen molar-refractivity contribution in [2.45, 2.75) is 39.7 Å². The number of ether oxygens (including phenoxy) is 3. The topological polar surface area (TPSA) is 44.8 Å². The van der Waals surface area contributed by atoms with E-state index in [2.05, 4.69) is 4.74 Å². The van der Waals surface area contributed by atoms with Crippen LogP contribution in [0.1, 0.15) is 27.2 Å². The SMILES string of the molecule is CCOC(=O)[C@@H](F)CC(OCC)OCC. The second kappa shape index (κ2) is 8.61. The molecule has 0 radical (unpaired) electrons. The monoisotopic (exact) mass is 222 g/mol. The first-order valence-corrected chi connectivity index (χ1v) is 5.19. The van der Waals surface area contributed by atoms with Gasteiger partial charge in [0.25, 0.3) is 0 Å². The molecule has 0 amide bonds. The van der Waals surface area contributed by atoms with Crippen LogP contribution in [0, 0.1) is 0 Å². The highest BCUT2D eigenvalue weighted by Crippen LogP contribution is 2.09. The van der Waals surface area contributed by atoms with E-state index >= 15 is 0 Å². The molecule has 0 saturated carbocycles. The Balaban J connectivity index is 3.96. The van der Waals surface area contributed by atoms with Gasteiger partial charge in [-0.15, -0.1) is 0 Å². The van der Waals surface area contributed by atoms with Crippen molar-refractivity contribution < 1.29 is 23.4 Å². The van der Waals surface area contributed by atoms with Crippen molar-refractivity contribution in [3.05, 3.63) is 0 Å². The molecule has 0 fully saturated rings. The first-order valence-electron chi connectivity index (χ1n) is 5.19. The standard InChI is InChI=1S/C10H19FO4/c1-4-13-9(14-5-2)7-8(11)10(12)15-6-3/h8-9H,4-7H2,1-3H3/t8-/m0/s1. The molecule has 0 heterocycles. The Bertz CT molecular complexity index is 169. The molecule has 0 aliphatic heterocycles. The van der Waals surface area contributed by atoms with Crippen molar-refractivity contribution in [3.63, 3.8) is 0 Å². The lowest BCUT2D eigenvalue weighted by molar-refractivity contribution is -0.166. The van der Waals surface area contributed by atoms with Gasteiger partial charge in [0.2, 0.25) is 6.17 Å². The highest BCUT2D eigenvalue weighted by Gasteiger charge is 2.24. The van der Waals surface area contributed by atoms with E-state index in [1.165, 1.54) is 0 Å². The summed E-state index contributed by atoms with van der Waals surface area (Å²) in [6.45, 7) is 6.20. The molecule has 15 heavy (non-hydrogen) atoms. The normalized spacial score (nSPS) is 12.9. The minimum atomic E-state index is -1.69. The van der Waals surface area contributed by atoms with Crippen LogP contribution in [-0.4, -0.2) is 38.3 Å². The summed E-state index contributed by atoms with van der Waals surface area (Å²) in [5, 5.41) is 0. The molecule has 0 aromatic heterocycles. The van der Waals surface area contributed by atoms with Gasteiger partial charge in [-0.1, -0.05) is 0 Å². The smallest absolute Gasteiger partial charge is 0.340 e. The number of hydrogen-bond acceptors (Lipinski definition) is 4. The highest BCUT2D eigenvalue weighted by molar-refractivity contribution is 5.74. The number of carbonyl (C=O) groups excluding carboxylic acids is 1. The zero-order valence-corrected chi connectivity index (χ0v) is 9.49. The predicted octanol–water partition coefficient (Wildman–Crippen LogP) is 1.68. The summed E-state index contributed by atoms with van der Waals surface area (Å²) < 4.78 is 28.0. The largest absolute Gasteiger partial charge is 0.464 e. The van der Waals surface area contributed by atoms with Gasteiger partial charge >= 0.3 is 5.97 Å². The van der Waals surface area contributed by atoms with E-state index in [9.17, 15) is 9.18 Å². The van der Waals surface area contributed by atoms with Gasteiger partial charge < -0.3 is 14.2 Å². The van der Waals surface area contributed by atoms with E-state index < -0.39 is 18.4 Å². The van der Waals surface area contributed by atoms with Crippen LogP contribution in [0.5, 0.6) is 0 Å². The Morgan fingerprint density at radius 1 is 1.13 bits per heavy atom. The second-order valence-electron chi connectivity index (χ2n) is 2.80. The van der Waals surface area contributed by atoms with E-state index in [4.69, 9.17) is 9.47 Å². The molecule has 0 saturated heterocycles. The van der Waals surface area contributed by atoms with E-state index in [1.807, 2.05) is 0 Å². The molecule has 5 heteroatoms. The molecule has 0 aromatic rings. The maximum absolute atomic E-state index is 13.2. The molecular formula is C10H19FO4. The zero-order chi connectivity index (χ0) is 11.7. The van der Waals surface area contributed by atoms with Gasteiger partial charge in [0, 0.05) is 19.6 Å². The summed E-state index contributed by atoms with van der Waals surface area (Å²) in [6, 6.07) is 0. The number of hydrogen-bond donors (Lipinski definition) is 0. The summed E-state index contributed by atoms with van der Waals surface area (Å²) >= 11 is 0. The zero-order valence-electron chi connectivity index (χ0n) is 9.49. The Hall–Kier alpha value is -0.680. The molecule has 0 N–H and O–H groups in total. The average molecular weight is 222 g/mol. The number of halogens is 1. The van der Waals surface area contributed by atoms with Crippen molar-refractivity contribution in [1.82, 2.24) is 0 Å². The molecular weight excluding hydrogens is 203 g/mol. The molecule has 1 atom stereocenters. The molecule has 0 rings (SSSR count). The Morgan fingerprint density at radius 3 is 2.07 bits per heavy atom. The van der Waals surface area contributed by atoms with Crippen LogP contribution in [-0.2, 0) is 19.0 Å². The molecule has 0 unspecified atom stereocenters. The van der Waals surface area contributed by atoms with Gasteiger partial charge in [-0.05, 0) is 20.8 Å². The lowest BCUT2D eigenvalue weighted by Gasteiger charge is -2.18. The fraction of sp³-hybridized carbons (Fsp3) is 0.900. The molecule has 0 aliphatic carbocycles. The third-order valence-corrected chi connectivity index (χ3v) is 1.65. The predicted molar refractivity (Wildman–Crippen MR) is 53.2 cm³/mol. The van der Waals surface area contributed by atoms with Gasteiger partial charge in [0.15, 0.2) is 6.29 Å². The highest BCUT2D eigenvalue weighted by atomic mass is 19.1. The van der Waals surface area contributed by atoms with Gasteiger partial charge in [0.1, 0.15) is 0 Å². The van der Waals surface area contributed by atoms with E-state index in [-0.39, 0.29) is 13.0 Å². The third-order valence-electron chi connectivity index (χ3n) is 1.65. The quantitative estimate of drug-likeness (QED) is 0.463. The molecule has 0 spiro atoms. The van der Waals surface area contributed by atoms with Crippen LogP contribution in [0.15, 0.2) is 0 Å². The van der Waals surface area contributed by atoms with Gasteiger partial charge in [-0.3, -0.25) is 0 Å². The molecule has 0 aliphatic rings. The molecule has 90 valence electrons. The van der Waals surface area contributed by atoms with Crippen LogP contribution in [0.4, 0.5) is 4.39 Å². The molecule has 4 nitrogen and oxygen atoms in total. The van der Waals surface area contributed by atoms with Crippen molar-refractivity contribution in [3.8, 4) is 0 Å². The number of rotatable bonds is 8. The van der Waals surface area contributed by atoms with Crippen molar-refractivity contribution >= 4 is 5.97 Å². The van der Waals surface area contributed by atoms with E-state index in [0.717, 1.165) is 0 Å². The van der Waals surface area contributed by atoms with E-state index in [1.54, 1.807) is 20.8 Å². The fourth-order valence-corrected chi connectivity index (χ4v) is 1.05. The summed E-state index contributed by atoms with van der Waals surface area (Å²) in [4.78, 5) is 11.0. The number of carbonyl (C=O) groups is 1. The van der Waals surface area contributed by atoms with Crippen molar-refractivity contribution in [2.24, 2.45) is 0 Å². The summed E-state index contributed by atoms with van der Waals surface area (Å²) in [6.07, 6.45) is -2.49. The maximum atomic E-state index is 13.2. The van der Waals surface area contributed by atoms with Gasteiger partial charge in [-0.25, -0.2) is 9.18 Å². The third kappa shape index (κ3) is 6.41. The number of alkyl halides is 1. The molecule has 0 bridgehead atoms. The summed E-state index contributed by atoms with van der Waals surface area (Å²) in [5.41, 5.74) is 0. The molecule has 0 aromatic carbocycles. The number of esters is 1. The van der Waals surface area contributed by atoms with Crippen LogP contribution >= 0.6 is 0 Å². The lowest BCUT2D eigenvalue weighted by atomic mass is 10.2. The first-order chi connectivity index (χ1) is 7.15. The first kappa shape index (κ1) is 14.3. The van der Waals surface area contributed by atoms with Gasteiger partial charge in [0.05, 0.1) is 6.61 Å². The second-order valence-corrected chi connectivity index (χ2v) is 2.80. The van der Waals surface area contributed by atoms with Crippen molar-refractivity contribution in [1.29, 1.82) is 0 Å². The van der Waals surface area contributed by atoms with Crippen LogP contribution in [0.3, 0.4) is 0 Å². The Labute approximate surface area is 89.7 Å². The summed E-state index contributed by atoms with van der Waals surface area (Å²) in [5.74, 6) is -0.859. The average Bonchev–Trinajstić information content (AvgIpc) is 2.18. The lowest BCUT2D eigenvalue weighted by Crippen LogP contribution is -2.28. The Kier molecular flexibility index (Phi) is 8.22. The fourth-order valence-electron chi connectivity index (χ4n) is 1.05.